The third-order valence-electron chi connectivity index (χ3n) is 10.2. The van der Waals surface area contributed by atoms with Gasteiger partial charge in [-0.1, -0.05) is 101 Å². The van der Waals surface area contributed by atoms with Gasteiger partial charge in [0.05, 0.1) is 5.41 Å². The molecule has 0 amide bonds. The van der Waals surface area contributed by atoms with E-state index in [0.717, 1.165) is 22.2 Å². The van der Waals surface area contributed by atoms with Gasteiger partial charge in [-0.15, -0.1) is 0 Å². The summed E-state index contributed by atoms with van der Waals surface area (Å²) < 4.78 is 1.15. The van der Waals surface area contributed by atoms with E-state index in [2.05, 4.69) is 113 Å². The Morgan fingerprint density at radius 1 is 0.528 bits per heavy atom. The van der Waals surface area contributed by atoms with Crippen molar-refractivity contribution in [3.8, 4) is 11.1 Å². The maximum atomic E-state index is 3.83. The molecule has 178 valence electrons. The molecule has 0 atom stereocenters. The van der Waals surface area contributed by atoms with E-state index >= 15 is 0 Å². The number of benzene rings is 4. The Hall–Kier alpha value is -2.64. The largest absolute Gasteiger partial charge is 0.0714 e. The first-order valence-electron chi connectivity index (χ1n) is 13.7. The minimum atomic E-state index is -0.310. The zero-order valence-electron chi connectivity index (χ0n) is 20.6. The molecule has 4 saturated carbocycles. The van der Waals surface area contributed by atoms with Crippen LogP contribution in [0.15, 0.2) is 102 Å². The molecule has 0 unspecified atom stereocenters. The predicted octanol–water partition coefficient (Wildman–Crippen LogP) is 9.28. The smallest absolute Gasteiger partial charge is 0.0622 e. The molecule has 0 aliphatic heterocycles. The van der Waals surface area contributed by atoms with Crippen LogP contribution in [0.1, 0.15) is 66.3 Å². The third-order valence-corrected chi connectivity index (χ3v) is 10.7. The van der Waals surface area contributed by atoms with Crippen molar-refractivity contribution < 1.29 is 0 Å². The summed E-state index contributed by atoms with van der Waals surface area (Å²) in [6.45, 7) is 0. The van der Waals surface area contributed by atoms with E-state index in [1.807, 2.05) is 0 Å². The van der Waals surface area contributed by atoms with Gasteiger partial charge < -0.3 is 0 Å². The van der Waals surface area contributed by atoms with Crippen molar-refractivity contribution in [3.05, 3.63) is 129 Å². The van der Waals surface area contributed by atoms with Gasteiger partial charge in [-0.2, -0.15) is 0 Å². The maximum absolute atomic E-state index is 3.83. The Bertz CT molecular complexity index is 1390. The zero-order valence-corrected chi connectivity index (χ0v) is 22.2. The molecule has 0 N–H and O–H groups in total. The maximum Gasteiger partial charge on any atom is 0.0714 e. The lowest BCUT2D eigenvalue weighted by Crippen LogP contribution is -2.48. The van der Waals surface area contributed by atoms with Crippen LogP contribution in [-0.4, -0.2) is 0 Å². The van der Waals surface area contributed by atoms with Crippen molar-refractivity contribution in [2.24, 2.45) is 17.8 Å². The fourth-order valence-electron chi connectivity index (χ4n) is 9.26. The van der Waals surface area contributed by atoms with Crippen LogP contribution in [0, 0.1) is 17.8 Å². The van der Waals surface area contributed by atoms with E-state index in [-0.39, 0.29) is 5.41 Å². The fraction of sp³-hybridized carbons (Fsp3) is 0.314. The van der Waals surface area contributed by atoms with Crippen molar-refractivity contribution in [3.63, 3.8) is 0 Å². The van der Waals surface area contributed by atoms with Crippen molar-refractivity contribution in [2.45, 2.75) is 49.4 Å². The molecule has 5 aliphatic rings. The number of hydrogen-bond acceptors (Lipinski definition) is 0. The molecule has 9 rings (SSSR count). The zero-order chi connectivity index (χ0) is 23.9. The summed E-state index contributed by atoms with van der Waals surface area (Å²) in [5.41, 5.74) is 10.1. The molecule has 0 radical (unpaired) electrons. The Labute approximate surface area is 222 Å². The molecule has 4 aromatic rings. The van der Waals surface area contributed by atoms with Crippen molar-refractivity contribution in [1.82, 2.24) is 0 Å². The Morgan fingerprint density at radius 2 is 1.03 bits per heavy atom. The van der Waals surface area contributed by atoms with E-state index in [4.69, 9.17) is 0 Å². The predicted molar refractivity (Wildman–Crippen MR) is 151 cm³/mol. The molecule has 4 fully saturated rings. The fourth-order valence-corrected chi connectivity index (χ4v) is 9.62. The molecule has 0 nitrogen and oxygen atoms in total. The van der Waals surface area contributed by atoms with Crippen molar-refractivity contribution >= 4 is 15.9 Å². The van der Waals surface area contributed by atoms with Crippen molar-refractivity contribution in [1.29, 1.82) is 0 Å². The van der Waals surface area contributed by atoms with Gasteiger partial charge in [-0.05, 0) is 113 Å². The summed E-state index contributed by atoms with van der Waals surface area (Å²) in [6, 6.07) is 37.0. The van der Waals surface area contributed by atoms with Gasteiger partial charge in [-0.25, -0.2) is 0 Å². The van der Waals surface area contributed by atoms with E-state index in [0.29, 0.717) is 5.41 Å². The molecule has 4 aromatic carbocycles. The summed E-state index contributed by atoms with van der Waals surface area (Å²) in [7, 11) is 0. The summed E-state index contributed by atoms with van der Waals surface area (Å²) in [5, 5.41) is 0. The van der Waals surface area contributed by atoms with E-state index in [1.165, 1.54) is 71.9 Å². The number of halogens is 1. The van der Waals surface area contributed by atoms with E-state index in [1.54, 1.807) is 5.56 Å². The van der Waals surface area contributed by atoms with Crippen LogP contribution >= 0.6 is 15.9 Å². The summed E-state index contributed by atoms with van der Waals surface area (Å²) in [6.07, 6.45) is 8.67. The van der Waals surface area contributed by atoms with Gasteiger partial charge in [0, 0.05) is 4.47 Å². The van der Waals surface area contributed by atoms with Gasteiger partial charge in [0.2, 0.25) is 0 Å². The molecule has 36 heavy (non-hydrogen) atoms. The average Bonchev–Trinajstić information content (AvgIpc) is 3.18. The number of fused-ring (bicyclic) bond motifs is 3. The highest BCUT2D eigenvalue weighted by Gasteiger charge is 2.53. The molecular formula is C35H31Br. The quantitative estimate of drug-likeness (QED) is 0.218. The topological polar surface area (TPSA) is 0 Å². The first kappa shape index (κ1) is 21.4. The van der Waals surface area contributed by atoms with Crippen LogP contribution in [0.2, 0.25) is 0 Å². The molecule has 0 aromatic heterocycles. The highest BCUT2D eigenvalue weighted by molar-refractivity contribution is 9.10. The summed E-state index contributed by atoms with van der Waals surface area (Å²) in [5.74, 6) is 2.85. The van der Waals surface area contributed by atoms with Crippen LogP contribution < -0.4 is 0 Å². The van der Waals surface area contributed by atoms with Crippen LogP contribution in [0.25, 0.3) is 11.1 Å². The highest BCUT2D eigenvalue weighted by atomic mass is 79.9. The van der Waals surface area contributed by atoms with E-state index < -0.39 is 0 Å². The van der Waals surface area contributed by atoms with Gasteiger partial charge in [0.15, 0.2) is 0 Å². The second-order valence-electron chi connectivity index (χ2n) is 12.1. The lowest BCUT2D eigenvalue weighted by Gasteiger charge is -2.57. The molecule has 0 spiro atoms. The minimum Gasteiger partial charge on any atom is -0.0622 e. The van der Waals surface area contributed by atoms with Crippen molar-refractivity contribution in [2.75, 3.05) is 0 Å². The second kappa shape index (κ2) is 7.68. The third kappa shape index (κ3) is 2.87. The highest BCUT2D eigenvalue weighted by Crippen LogP contribution is 2.62. The number of rotatable bonds is 3. The molecule has 5 aliphatic carbocycles. The Kier molecular flexibility index (Phi) is 4.58. The lowest BCUT2D eigenvalue weighted by atomic mass is 9.48. The first-order valence-corrected chi connectivity index (χ1v) is 14.5. The van der Waals surface area contributed by atoms with Crippen LogP contribution in [-0.2, 0) is 10.8 Å². The molecule has 4 bridgehead atoms. The Balaban J connectivity index is 1.43. The average molecular weight is 532 g/mol. The molecular weight excluding hydrogens is 500 g/mol. The van der Waals surface area contributed by atoms with Crippen LogP contribution in [0.5, 0.6) is 0 Å². The first-order chi connectivity index (χ1) is 17.7. The van der Waals surface area contributed by atoms with Gasteiger partial charge in [0.25, 0.3) is 0 Å². The van der Waals surface area contributed by atoms with Gasteiger partial charge >= 0.3 is 0 Å². The standard InChI is InChI=1S/C35H31Br/c36-29-12-14-31-30-13-11-28(34-20-23-15-24(21-34)17-25(16-23)22-34)18-32(30)35(33(31)19-29,26-7-3-1-4-8-26)27-9-5-2-6-10-27/h1-14,18-19,23-25H,15-17,20-22H2. The SMILES string of the molecule is Brc1ccc2c(c1)C(c1ccccc1)(c1ccccc1)c1cc(C34CC5CC(CC(C5)C3)C4)ccc1-2. The number of hydrogen-bond donors (Lipinski definition) is 0. The van der Waals surface area contributed by atoms with Gasteiger partial charge in [0.1, 0.15) is 0 Å². The lowest BCUT2D eigenvalue weighted by molar-refractivity contribution is -0.00522. The van der Waals surface area contributed by atoms with E-state index in [9.17, 15) is 0 Å². The summed E-state index contributed by atoms with van der Waals surface area (Å²) in [4.78, 5) is 0. The molecule has 1 heteroatoms. The monoisotopic (exact) mass is 530 g/mol. The van der Waals surface area contributed by atoms with Gasteiger partial charge in [-0.3, -0.25) is 0 Å². The summed E-state index contributed by atoms with van der Waals surface area (Å²) >= 11 is 3.83. The molecule has 0 saturated heterocycles. The normalized spacial score (nSPS) is 28.6. The molecule has 0 heterocycles. The minimum absolute atomic E-state index is 0.310. The Morgan fingerprint density at radius 3 is 1.58 bits per heavy atom. The van der Waals surface area contributed by atoms with Crippen LogP contribution in [0.3, 0.4) is 0 Å². The van der Waals surface area contributed by atoms with Crippen LogP contribution in [0.4, 0.5) is 0 Å². The second-order valence-corrected chi connectivity index (χ2v) is 13.0.